The number of fused-ring (bicyclic) bond motifs is 1. The van der Waals surface area contributed by atoms with Crippen LogP contribution in [-0.2, 0) is 0 Å². The van der Waals surface area contributed by atoms with Crippen LogP contribution in [0.3, 0.4) is 0 Å². The predicted octanol–water partition coefficient (Wildman–Crippen LogP) is 2.33. The zero-order chi connectivity index (χ0) is 12.5. The lowest BCUT2D eigenvalue weighted by molar-refractivity contribution is 0.0691. The molecule has 2 heterocycles. The van der Waals surface area contributed by atoms with Crippen LogP contribution in [0.1, 0.15) is 34.8 Å². The van der Waals surface area contributed by atoms with Gasteiger partial charge in [-0.05, 0) is 49.1 Å². The number of rotatable bonds is 2. The van der Waals surface area contributed by atoms with Crippen molar-refractivity contribution in [3.8, 4) is 0 Å². The Kier molecular flexibility index (Phi) is 2.80. The Morgan fingerprint density at radius 2 is 2.22 bits per heavy atom. The number of carboxylic acid groups (broad SMARTS) is 1. The molecular formula is C14H16N2O2. The van der Waals surface area contributed by atoms with Gasteiger partial charge in [0, 0.05) is 17.4 Å². The summed E-state index contributed by atoms with van der Waals surface area (Å²) < 4.78 is 0. The van der Waals surface area contributed by atoms with E-state index in [1.165, 1.54) is 18.4 Å². The fraction of sp³-hybridized carbons (Fsp3) is 0.357. The van der Waals surface area contributed by atoms with Crippen LogP contribution in [0, 0.1) is 0 Å². The van der Waals surface area contributed by atoms with Crippen LogP contribution in [0.25, 0.3) is 10.9 Å². The number of nitrogens with one attached hydrogen (secondary N) is 2. The number of aromatic nitrogens is 1. The minimum atomic E-state index is -0.910. The summed E-state index contributed by atoms with van der Waals surface area (Å²) in [5.74, 6) is -0.363. The average Bonchev–Trinajstić information content (AvgIpc) is 2.82. The molecule has 1 saturated heterocycles. The summed E-state index contributed by atoms with van der Waals surface area (Å²) in [5, 5.41) is 13.3. The van der Waals surface area contributed by atoms with Crippen LogP contribution >= 0.6 is 0 Å². The van der Waals surface area contributed by atoms with E-state index in [0.717, 1.165) is 24.0 Å². The predicted molar refractivity (Wildman–Crippen MR) is 70.1 cm³/mol. The minimum Gasteiger partial charge on any atom is -0.477 e. The number of benzene rings is 1. The third-order valence-electron chi connectivity index (χ3n) is 3.64. The van der Waals surface area contributed by atoms with Crippen molar-refractivity contribution in [2.75, 3.05) is 13.1 Å². The van der Waals surface area contributed by atoms with E-state index in [0.29, 0.717) is 5.92 Å². The highest BCUT2D eigenvalue weighted by molar-refractivity contribution is 5.93. The zero-order valence-electron chi connectivity index (χ0n) is 10.1. The quantitative estimate of drug-likeness (QED) is 0.759. The van der Waals surface area contributed by atoms with Gasteiger partial charge >= 0.3 is 5.97 Å². The Labute approximate surface area is 105 Å². The van der Waals surface area contributed by atoms with Gasteiger partial charge < -0.3 is 15.4 Å². The van der Waals surface area contributed by atoms with E-state index >= 15 is 0 Å². The van der Waals surface area contributed by atoms with Crippen LogP contribution in [0.5, 0.6) is 0 Å². The zero-order valence-corrected chi connectivity index (χ0v) is 10.1. The Bertz CT molecular complexity index is 582. The van der Waals surface area contributed by atoms with Gasteiger partial charge in [-0.3, -0.25) is 0 Å². The first kappa shape index (κ1) is 11.3. The number of hydrogen-bond acceptors (Lipinski definition) is 2. The van der Waals surface area contributed by atoms with E-state index in [1.807, 2.05) is 6.07 Å². The molecule has 18 heavy (non-hydrogen) atoms. The average molecular weight is 244 g/mol. The molecule has 3 N–H and O–H groups in total. The molecule has 0 aliphatic carbocycles. The highest BCUT2D eigenvalue weighted by atomic mass is 16.4. The summed E-state index contributed by atoms with van der Waals surface area (Å²) in [6.07, 6.45) is 2.41. The van der Waals surface area contributed by atoms with Gasteiger partial charge in [-0.1, -0.05) is 6.07 Å². The van der Waals surface area contributed by atoms with Crippen molar-refractivity contribution in [1.29, 1.82) is 0 Å². The molecule has 4 nitrogen and oxygen atoms in total. The fourth-order valence-corrected chi connectivity index (χ4v) is 2.66. The van der Waals surface area contributed by atoms with Crippen molar-refractivity contribution < 1.29 is 9.90 Å². The van der Waals surface area contributed by atoms with Crippen LogP contribution in [0.4, 0.5) is 0 Å². The second kappa shape index (κ2) is 4.46. The SMILES string of the molecule is O=C(O)c1cc2cc(C3CCCNC3)ccc2[nH]1. The van der Waals surface area contributed by atoms with Crippen molar-refractivity contribution in [1.82, 2.24) is 10.3 Å². The molecule has 0 spiro atoms. The second-order valence-electron chi connectivity index (χ2n) is 4.88. The van der Waals surface area contributed by atoms with Crippen molar-refractivity contribution >= 4 is 16.9 Å². The molecular weight excluding hydrogens is 228 g/mol. The number of carboxylic acids is 1. The van der Waals surface area contributed by atoms with E-state index in [-0.39, 0.29) is 5.69 Å². The van der Waals surface area contributed by atoms with Gasteiger partial charge in [-0.15, -0.1) is 0 Å². The Hall–Kier alpha value is -1.81. The molecule has 0 bridgehead atoms. The number of H-pyrrole nitrogens is 1. The summed E-state index contributed by atoms with van der Waals surface area (Å²) in [5.41, 5.74) is 2.44. The third-order valence-corrected chi connectivity index (χ3v) is 3.64. The molecule has 1 aromatic heterocycles. The van der Waals surface area contributed by atoms with Crippen molar-refractivity contribution in [2.45, 2.75) is 18.8 Å². The Morgan fingerprint density at radius 1 is 1.33 bits per heavy atom. The number of aromatic amines is 1. The summed E-state index contributed by atoms with van der Waals surface area (Å²) >= 11 is 0. The number of carbonyl (C=O) groups is 1. The largest absolute Gasteiger partial charge is 0.477 e. The third kappa shape index (κ3) is 1.99. The molecule has 1 aliphatic rings. The molecule has 1 aromatic carbocycles. The van der Waals surface area contributed by atoms with Gasteiger partial charge in [0.05, 0.1) is 0 Å². The van der Waals surface area contributed by atoms with E-state index in [9.17, 15) is 4.79 Å². The number of hydrogen-bond donors (Lipinski definition) is 3. The van der Waals surface area contributed by atoms with Gasteiger partial charge in [0.2, 0.25) is 0 Å². The summed E-state index contributed by atoms with van der Waals surface area (Å²) in [6.45, 7) is 2.12. The van der Waals surface area contributed by atoms with E-state index in [4.69, 9.17) is 5.11 Å². The summed E-state index contributed by atoms with van der Waals surface area (Å²) in [4.78, 5) is 13.8. The molecule has 4 heteroatoms. The first-order chi connectivity index (χ1) is 8.74. The molecule has 2 aromatic rings. The van der Waals surface area contributed by atoms with Gasteiger partial charge in [0.15, 0.2) is 0 Å². The molecule has 3 rings (SSSR count). The Morgan fingerprint density at radius 3 is 2.94 bits per heavy atom. The molecule has 0 amide bonds. The normalized spacial score (nSPS) is 20.1. The molecule has 1 fully saturated rings. The lowest BCUT2D eigenvalue weighted by atomic mass is 9.91. The molecule has 1 unspecified atom stereocenters. The lowest BCUT2D eigenvalue weighted by Crippen LogP contribution is -2.28. The smallest absolute Gasteiger partial charge is 0.352 e. The van der Waals surface area contributed by atoms with Crippen LogP contribution in [0.2, 0.25) is 0 Å². The van der Waals surface area contributed by atoms with E-state index in [1.54, 1.807) is 6.07 Å². The Balaban J connectivity index is 1.96. The maximum Gasteiger partial charge on any atom is 0.352 e. The lowest BCUT2D eigenvalue weighted by Gasteiger charge is -2.23. The standard InChI is InChI=1S/C14H16N2O2/c17-14(18)13-7-11-6-9(3-4-12(11)16-13)10-2-1-5-15-8-10/h3-4,6-7,10,15-16H,1-2,5,8H2,(H,17,18). The molecule has 0 saturated carbocycles. The van der Waals surface area contributed by atoms with Crippen LogP contribution < -0.4 is 5.32 Å². The van der Waals surface area contributed by atoms with Crippen molar-refractivity contribution in [3.05, 3.63) is 35.5 Å². The summed E-state index contributed by atoms with van der Waals surface area (Å²) in [6, 6.07) is 7.89. The minimum absolute atomic E-state index is 0.254. The van der Waals surface area contributed by atoms with Crippen LogP contribution in [0.15, 0.2) is 24.3 Å². The van der Waals surface area contributed by atoms with Crippen molar-refractivity contribution in [3.63, 3.8) is 0 Å². The van der Waals surface area contributed by atoms with E-state index in [2.05, 4.69) is 22.4 Å². The molecule has 1 aliphatic heterocycles. The van der Waals surface area contributed by atoms with Gasteiger partial charge in [-0.25, -0.2) is 4.79 Å². The molecule has 1 atom stereocenters. The molecule has 94 valence electrons. The van der Waals surface area contributed by atoms with E-state index < -0.39 is 5.97 Å². The van der Waals surface area contributed by atoms with Gasteiger partial charge in [0.25, 0.3) is 0 Å². The maximum atomic E-state index is 10.9. The van der Waals surface area contributed by atoms with Gasteiger partial charge in [-0.2, -0.15) is 0 Å². The first-order valence-electron chi connectivity index (χ1n) is 6.31. The fourth-order valence-electron chi connectivity index (χ4n) is 2.66. The topological polar surface area (TPSA) is 65.1 Å². The number of aromatic carboxylic acids is 1. The summed E-state index contributed by atoms with van der Waals surface area (Å²) in [7, 11) is 0. The van der Waals surface area contributed by atoms with Crippen LogP contribution in [-0.4, -0.2) is 29.1 Å². The van der Waals surface area contributed by atoms with Gasteiger partial charge in [0.1, 0.15) is 5.69 Å². The highest BCUT2D eigenvalue weighted by Crippen LogP contribution is 2.26. The monoisotopic (exact) mass is 244 g/mol. The maximum absolute atomic E-state index is 10.9. The molecule has 0 radical (unpaired) electrons. The second-order valence-corrected chi connectivity index (χ2v) is 4.88. The number of piperidine rings is 1. The van der Waals surface area contributed by atoms with Crippen molar-refractivity contribution in [2.24, 2.45) is 0 Å². The first-order valence-corrected chi connectivity index (χ1v) is 6.31. The highest BCUT2D eigenvalue weighted by Gasteiger charge is 2.16.